The van der Waals surface area contributed by atoms with Crippen molar-refractivity contribution in [3.63, 3.8) is 0 Å². The molecule has 1 amide bonds. The van der Waals surface area contributed by atoms with Crippen LogP contribution in [0.2, 0.25) is 10.2 Å². The van der Waals surface area contributed by atoms with E-state index in [0.717, 1.165) is 28.1 Å². The second-order valence-electron chi connectivity index (χ2n) is 7.76. The van der Waals surface area contributed by atoms with Gasteiger partial charge in [0.15, 0.2) is 11.0 Å². The maximum Gasteiger partial charge on any atom is 0.226 e. The Labute approximate surface area is 200 Å². The first kappa shape index (κ1) is 21.4. The number of halogens is 2. The molecule has 1 atom stereocenters. The predicted octanol–water partition coefficient (Wildman–Crippen LogP) is 5.33. The first-order chi connectivity index (χ1) is 16.0. The summed E-state index contributed by atoms with van der Waals surface area (Å²) in [5.41, 5.74) is 3.82. The summed E-state index contributed by atoms with van der Waals surface area (Å²) < 4.78 is 7.49. The van der Waals surface area contributed by atoms with E-state index in [1.165, 1.54) is 0 Å². The van der Waals surface area contributed by atoms with E-state index in [-0.39, 0.29) is 17.0 Å². The average molecular weight is 480 g/mol. The van der Waals surface area contributed by atoms with E-state index in [1.807, 2.05) is 55.5 Å². The number of amides is 1. The molecular weight excluding hydrogens is 461 g/mol. The van der Waals surface area contributed by atoms with Crippen LogP contribution in [0.3, 0.4) is 0 Å². The lowest BCUT2D eigenvalue weighted by Crippen LogP contribution is -2.25. The summed E-state index contributed by atoms with van der Waals surface area (Å²) in [5, 5.41) is 16.5. The number of hydrogen-bond donors (Lipinski definition) is 1. The van der Waals surface area contributed by atoms with Gasteiger partial charge in [0.1, 0.15) is 18.2 Å². The monoisotopic (exact) mass is 479 g/mol. The molecular formula is C24H19Cl2N5O2. The third kappa shape index (κ3) is 4.42. The van der Waals surface area contributed by atoms with E-state index in [4.69, 9.17) is 27.9 Å². The number of hydrogen-bond acceptors (Lipinski definition) is 5. The minimum absolute atomic E-state index is 0.0846. The standard InChI is InChI=1S/C24H19Cl2N5O2/c1-14-23-19(12-22(32)27-24(23)31(30-14)21-11-10-20(26)28-29-21)16-4-8-18(9-5-16)33-13-15-2-6-17(25)7-3-15/h2-11,19H,12-13H2,1H3,(H,27,32). The number of nitrogens with zero attached hydrogens (tertiary/aromatic N) is 4. The Bertz CT molecular complexity index is 1300. The Balaban J connectivity index is 1.40. The van der Waals surface area contributed by atoms with Gasteiger partial charge < -0.3 is 10.1 Å². The van der Waals surface area contributed by atoms with Crippen LogP contribution in [0.15, 0.2) is 60.7 Å². The van der Waals surface area contributed by atoms with Gasteiger partial charge in [0, 0.05) is 22.9 Å². The molecule has 7 nitrogen and oxygen atoms in total. The Hall–Kier alpha value is -3.42. The van der Waals surface area contributed by atoms with Crippen molar-refractivity contribution < 1.29 is 9.53 Å². The molecule has 5 rings (SSSR count). The van der Waals surface area contributed by atoms with Crippen molar-refractivity contribution in [3.8, 4) is 11.6 Å². The van der Waals surface area contributed by atoms with Crippen LogP contribution < -0.4 is 10.1 Å². The van der Waals surface area contributed by atoms with Gasteiger partial charge in [-0.3, -0.25) is 4.79 Å². The van der Waals surface area contributed by atoms with E-state index >= 15 is 0 Å². The number of ether oxygens (including phenoxy) is 1. The van der Waals surface area contributed by atoms with E-state index in [9.17, 15) is 4.79 Å². The Morgan fingerprint density at radius 1 is 1.03 bits per heavy atom. The van der Waals surface area contributed by atoms with Crippen LogP contribution in [0.5, 0.6) is 5.75 Å². The quantitative estimate of drug-likeness (QED) is 0.418. The lowest BCUT2D eigenvalue weighted by Gasteiger charge is -2.24. The van der Waals surface area contributed by atoms with Gasteiger partial charge >= 0.3 is 0 Å². The van der Waals surface area contributed by atoms with Gasteiger partial charge in [0.25, 0.3) is 0 Å². The highest BCUT2D eigenvalue weighted by Gasteiger charge is 2.33. The highest BCUT2D eigenvalue weighted by atomic mass is 35.5. The zero-order valence-electron chi connectivity index (χ0n) is 17.6. The predicted molar refractivity (Wildman–Crippen MR) is 126 cm³/mol. The van der Waals surface area contributed by atoms with E-state index in [2.05, 4.69) is 20.6 Å². The Kier molecular flexibility index (Phi) is 5.74. The number of rotatable bonds is 5. The van der Waals surface area contributed by atoms with E-state index < -0.39 is 0 Å². The molecule has 3 heterocycles. The van der Waals surface area contributed by atoms with Crippen LogP contribution in [0, 0.1) is 6.92 Å². The van der Waals surface area contributed by atoms with Gasteiger partial charge in [0.05, 0.1) is 5.69 Å². The van der Waals surface area contributed by atoms with Gasteiger partial charge in [-0.15, -0.1) is 10.2 Å². The number of aromatic nitrogens is 4. The minimum Gasteiger partial charge on any atom is -0.489 e. The topological polar surface area (TPSA) is 81.9 Å². The summed E-state index contributed by atoms with van der Waals surface area (Å²) >= 11 is 11.8. The summed E-state index contributed by atoms with van der Waals surface area (Å²) in [4.78, 5) is 12.6. The largest absolute Gasteiger partial charge is 0.489 e. The third-order valence-corrected chi connectivity index (χ3v) is 5.99. The maximum absolute atomic E-state index is 12.6. The molecule has 1 N–H and O–H groups in total. The fraction of sp³-hybridized carbons (Fsp3) is 0.167. The molecule has 1 aliphatic heterocycles. The van der Waals surface area contributed by atoms with Crippen molar-refractivity contribution in [3.05, 3.63) is 93.2 Å². The molecule has 1 unspecified atom stereocenters. The van der Waals surface area contributed by atoms with Gasteiger partial charge in [-0.2, -0.15) is 9.78 Å². The van der Waals surface area contributed by atoms with Gasteiger partial charge in [0.2, 0.25) is 5.91 Å². The SMILES string of the molecule is Cc1nn(-c2ccc(Cl)nn2)c2c1C(c1ccc(OCc3ccc(Cl)cc3)cc1)CC(=O)N2. The number of carbonyl (C=O) groups excluding carboxylic acids is 1. The maximum atomic E-state index is 12.6. The van der Waals surface area contributed by atoms with Crippen LogP contribution in [-0.2, 0) is 11.4 Å². The molecule has 0 saturated carbocycles. The van der Waals surface area contributed by atoms with Crippen LogP contribution in [0.4, 0.5) is 5.82 Å². The fourth-order valence-electron chi connectivity index (χ4n) is 3.96. The van der Waals surface area contributed by atoms with Crippen molar-refractivity contribution in [2.24, 2.45) is 0 Å². The van der Waals surface area contributed by atoms with Gasteiger partial charge in [-0.05, 0) is 54.4 Å². The normalized spacial score (nSPS) is 15.1. The van der Waals surface area contributed by atoms with Crippen LogP contribution in [0.25, 0.3) is 5.82 Å². The number of aryl methyl sites for hydroxylation is 1. The molecule has 0 bridgehead atoms. The van der Waals surface area contributed by atoms with E-state index in [0.29, 0.717) is 29.7 Å². The summed E-state index contributed by atoms with van der Waals surface area (Å²) in [5.74, 6) is 1.62. The zero-order chi connectivity index (χ0) is 22.9. The number of benzene rings is 2. The van der Waals surface area contributed by atoms with Gasteiger partial charge in [-0.1, -0.05) is 47.5 Å². The van der Waals surface area contributed by atoms with Crippen molar-refractivity contribution in [1.29, 1.82) is 0 Å². The minimum atomic E-state index is -0.131. The van der Waals surface area contributed by atoms with Crippen LogP contribution in [0.1, 0.15) is 34.7 Å². The second kappa shape index (κ2) is 8.84. The average Bonchev–Trinajstić information content (AvgIpc) is 3.15. The first-order valence-electron chi connectivity index (χ1n) is 10.3. The summed E-state index contributed by atoms with van der Waals surface area (Å²) in [6.07, 6.45) is 0.330. The molecule has 9 heteroatoms. The lowest BCUT2D eigenvalue weighted by atomic mass is 9.86. The number of fused-ring (bicyclic) bond motifs is 1. The molecule has 2 aromatic heterocycles. The van der Waals surface area contributed by atoms with Crippen molar-refractivity contribution >= 4 is 34.9 Å². The second-order valence-corrected chi connectivity index (χ2v) is 8.59. The lowest BCUT2D eigenvalue weighted by molar-refractivity contribution is -0.116. The van der Waals surface area contributed by atoms with Crippen molar-refractivity contribution in [1.82, 2.24) is 20.0 Å². The molecule has 4 aromatic rings. The molecule has 2 aromatic carbocycles. The highest BCUT2D eigenvalue weighted by Crippen LogP contribution is 2.40. The molecule has 0 spiro atoms. The molecule has 1 aliphatic rings. The third-order valence-electron chi connectivity index (χ3n) is 5.54. The van der Waals surface area contributed by atoms with Crippen molar-refractivity contribution in [2.45, 2.75) is 25.9 Å². The first-order valence-corrected chi connectivity index (χ1v) is 11.1. The number of carbonyl (C=O) groups is 1. The Morgan fingerprint density at radius 3 is 2.48 bits per heavy atom. The summed E-state index contributed by atoms with van der Waals surface area (Å²) in [7, 11) is 0. The Morgan fingerprint density at radius 2 is 1.79 bits per heavy atom. The smallest absolute Gasteiger partial charge is 0.226 e. The molecule has 0 saturated heterocycles. The van der Waals surface area contributed by atoms with Gasteiger partial charge in [-0.25, -0.2) is 0 Å². The molecule has 0 aliphatic carbocycles. The molecule has 0 fully saturated rings. The van der Waals surface area contributed by atoms with E-state index in [1.54, 1.807) is 16.8 Å². The fourth-order valence-corrected chi connectivity index (χ4v) is 4.19. The van der Waals surface area contributed by atoms with Crippen molar-refractivity contribution in [2.75, 3.05) is 5.32 Å². The number of nitrogens with one attached hydrogen (secondary N) is 1. The molecule has 0 radical (unpaired) electrons. The molecule has 33 heavy (non-hydrogen) atoms. The summed E-state index contributed by atoms with van der Waals surface area (Å²) in [6.45, 7) is 2.37. The molecule has 166 valence electrons. The number of anilines is 1. The summed E-state index contributed by atoms with van der Waals surface area (Å²) in [6, 6.07) is 18.7. The van der Waals surface area contributed by atoms with Crippen LogP contribution >= 0.6 is 23.2 Å². The van der Waals surface area contributed by atoms with Crippen LogP contribution in [-0.4, -0.2) is 25.9 Å². The zero-order valence-corrected chi connectivity index (χ0v) is 19.1. The highest BCUT2D eigenvalue weighted by molar-refractivity contribution is 6.30.